The number of hydrogen-bond acceptors (Lipinski definition) is 6. The van der Waals surface area contributed by atoms with Crippen molar-refractivity contribution >= 4 is 9.84 Å². The standard InChI is InChI=1S/C22H30O6S/c1-15-11-19(12-16(2)21(15)27-9-5-7-23)29(25,26)20-13-17(3)22(18(4)14-20)28-10-6-8-24/h11-14,23-24H,5-10H2,1-4H3. The summed E-state index contributed by atoms with van der Waals surface area (Å²) < 4.78 is 37.9. The molecule has 2 aromatic carbocycles. The number of ether oxygens (including phenoxy) is 2. The molecule has 0 aromatic heterocycles. The molecule has 0 aliphatic rings. The molecule has 0 amide bonds. The molecule has 0 bridgehead atoms. The van der Waals surface area contributed by atoms with Crippen LogP contribution in [0.15, 0.2) is 34.1 Å². The summed E-state index contributed by atoms with van der Waals surface area (Å²) in [6, 6.07) is 6.47. The van der Waals surface area contributed by atoms with Crippen LogP contribution in [0.1, 0.15) is 35.1 Å². The fourth-order valence-corrected chi connectivity index (χ4v) is 4.80. The highest BCUT2D eigenvalue weighted by Crippen LogP contribution is 2.33. The fourth-order valence-electron chi connectivity index (χ4n) is 3.20. The molecule has 160 valence electrons. The van der Waals surface area contributed by atoms with E-state index < -0.39 is 9.84 Å². The van der Waals surface area contributed by atoms with Gasteiger partial charge in [0.25, 0.3) is 0 Å². The van der Waals surface area contributed by atoms with E-state index in [0.717, 1.165) is 22.3 Å². The topological polar surface area (TPSA) is 93.1 Å². The van der Waals surface area contributed by atoms with Gasteiger partial charge in [0, 0.05) is 26.1 Å². The quantitative estimate of drug-likeness (QED) is 0.571. The highest BCUT2D eigenvalue weighted by Gasteiger charge is 2.22. The lowest BCUT2D eigenvalue weighted by atomic mass is 10.1. The van der Waals surface area contributed by atoms with Crippen molar-refractivity contribution in [3.05, 3.63) is 46.5 Å². The van der Waals surface area contributed by atoms with Gasteiger partial charge in [-0.15, -0.1) is 0 Å². The van der Waals surface area contributed by atoms with Crippen molar-refractivity contribution < 1.29 is 28.1 Å². The van der Waals surface area contributed by atoms with Gasteiger partial charge in [-0.3, -0.25) is 0 Å². The summed E-state index contributed by atoms with van der Waals surface area (Å²) in [4.78, 5) is 0.435. The summed E-state index contributed by atoms with van der Waals surface area (Å²) in [7, 11) is -3.70. The first-order valence-corrected chi connectivity index (χ1v) is 11.2. The minimum absolute atomic E-state index is 0.0446. The molecule has 2 N–H and O–H groups in total. The lowest BCUT2D eigenvalue weighted by Gasteiger charge is -2.16. The van der Waals surface area contributed by atoms with Crippen LogP contribution in [0, 0.1) is 27.7 Å². The zero-order chi connectivity index (χ0) is 21.6. The van der Waals surface area contributed by atoms with Crippen LogP contribution in [0.2, 0.25) is 0 Å². The maximum absolute atomic E-state index is 13.2. The molecular weight excluding hydrogens is 392 g/mol. The number of aryl methyl sites for hydroxylation is 4. The van der Waals surface area contributed by atoms with E-state index in [1.807, 2.05) is 27.7 Å². The Morgan fingerprint density at radius 3 is 1.28 bits per heavy atom. The predicted octanol–water partition coefficient (Wildman–Crippen LogP) is 3.28. The molecule has 0 saturated heterocycles. The van der Waals surface area contributed by atoms with E-state index in [1.54, 1.807) is 24.3 Å². The number of hydrogen-bond donors (Lipinski definition) is 2. The van der Waals surface area contributed by atoms with Crippen molar-refractivity contribution in [2.24, 2.45) is 0 Å². The Labute approximate surface area is 173 Å². The smallest absolute Gasteiger partial charge is 0.206 e. The van der Waals surface area contributed by atoms with Crippen LogP contribution in [-0.4, -0.2) is 45.1 Å². The van der Waals surface area contributed by atoms with Crippen molar-refractivity contribution in [1.82, 2.24) is 0 Å². The molecule has 0 radical (unpaired) electrons. The highest BCUT2D eigenvalue weighted by atomic mass is 32.2. The van der Waals surface area contributed by atoms with Gasteiger partial charge in [0.15, 0.2) is 0 Å². The average molecular weight is 423 g/mol. The van der Waals surface area contributed by atoms with E-state index in [-0.39, 0.29) is 23.0 Å². The maximum atomic E-state index is 13.2. The van der Waals surface area contributed by atoms with E-state index in [2.05, 4.69) is 0 Å². The predicted molar refractivity (Wildman–Crippen MR) is 112 cm³/mol. The Balaban J connectivity index is 2.37. The Hall–Kier alpha value is -2.09. The van der Waals surface area contributed by atoms with Gasteiger partial charge in [-0.25, -0.2) is 8.42 Å². The molecule has 0 aliphatic heterocycles. The molecule has 0 atom stereocenters. The van der Waals surface area contributed by atoms with Gasteiger partial charge in [0.1, 0.15) is 11.5 Å². The molecule has 6 nitrogen and oxygen atoms in total. The molecule has 2 rings (SSSR count). The summed E-state index contributed by atoms with van der Waals surface area (Å²) >= 11 is 0. The number of sulfone groups is 1. The Morgan fingerprint density at radius 2 is 1.00 bits per heavy atom. The van der Waals surface area contributed by atoms with Crippen LogP contribution in [0.4, 0.5) is 0 Å². The van der Waals surface area contributed by atoms with Crippen LogP contribution in [0.25, 0.3) is 0 Å². The monoisotopic (exact) mass is 422 g/mol. The lowest BCUT2D eigenvalue weighted by molar-refractivity contribution is 0.232. The molecule has 0 saturated carbocycles. The van der Waals surface area contributed by atoms with E-state index >= 15 is 0 Å². The molecule has 0 spiro atoms. The normalized spacial score (nSPS) is 11.5. The summed E-state index contributed by atoms with van der Waals surface area (Å²) in [6.45, 7) is 8.10. The first-order valence-electron chi connectivity index (χ1n) is 9.67. The Morgan fingerprint density at radius 1 is 0.690 bits per heavy atom. The lowest BCUT2D eigenvalue weighted by Crippen LogP contribution is -2.08. The van der Waals surface area contributed by atoms with E-state index in [9.17, 15) is 8.42 Å². The largest absolute Gasteiger partial charge is 0.493 e. The number of rotatable bonds is 10. The molecule has 2 aromatic rings. The summed E-state index contributed by atoms with van der Waals surface area (Å²) in [5, 5.41) is 17.8. The first kappa shape index (κ1) is 23.2. The Bertz CT molecular complexity index is 832. The molecular formula is C22H30O6S. The van der Waals surface area contributed by atoms with Crippen molar-refractivity contribution in [3.63, 3.8) is 0 Å². The second kappa shape index (κ2) is 10.1. The molecule has 0 unspecified atom stereocenters. The minimum atomic E-state index is -3.70. The van der Waals surface area contributed by atoms with Gasteiger partial charge in [-0.2, -0.15) is 0 Å². The van der Waals surface area contributed by atoms with E-state index in [0.29, 0.717) is 37.6 Å². The second-order valence-corrected chi connectivity index (χ2v) is 9.08. The third kappa shape index (κ3) is 5.50. The summed E-state index contributed by atoms with van der Waals surface area (Å²) in [5.41, 5.74) is 2.94. The van der Waals surface area contributed by atoms with Gasteiger partial charge >= 0.3 is 0 Å². The first-order chi connectivity index (χ1) is 13.7. The zero-order valence-electron chi connectivity index (χ0n) is 17.5. The van der Waals surface area contributed by atoms with Crippen LogP contribution < -0.4 is 9.47 Å². The molecule has 0 fully saturated rings. The van der Waals surface area contributed by atoms with Crippen molar-refractivity contribution in [3.8, 4) is 11.5 Å². The third-order valence-electron chi connectivity index (χ3n) is 4.59. The van der Waals surface area contributed by atoms with Gasteiger partial charge < -0.3 is 19.7 Å². The summed E-state index contributed by atoms with van der Waals surface area (Å²) in [5.74, 6) is 1.30. The van der Waals surface area contributed by atoms with Crippen LogP contribution in [0.5, 0.6) is 11.5 Å². The van der Waals surface area contributed by atoms with Crippen molar-refractivity contribution in [2.45, 2.75) is 50.3 Å². The minimum Gasteiger partial charge on any atom is -0.493 e. The van der Waals surface area contributed by atoms with Crippen LogP contribution in [0.3, 0.4) is 0 Å². The molecule has 0 heterocycles. The molecule has 0 aliphatic carbocycles. The van der Waals surface area contributed by atoms with E-state index in [1.165, 1.54) is 0 Å². The SMILES string of the molecule is Cc1cc(S(=O)(=O)c2cc(C)c(OCCCO)c(C)c2)cc(C)c1OCCCO. The van der Waals surface area contributed by atoms with Gasteiger partial charge in [0.05, 0.1) is 23.0 Å². The summed E-state index contributed by atoms with van der Waals surface area (Å²) in [6.07, 6.45) is 1.04. The van der Waals surface area contributed by atoms with E-state index in [4.69, 9.17) is 19.7 Å². The van der Waals surface area contributed by atoms with Crippen molar-refractivity contribution in [1.29, 1.82) is 0 Å². The molecule has 29 heavy (non-hydrogen) atoms. The maximum Gasteiger partial charge on any atom is 0.206 e. The third-order valence-corrected chi connectivity index (χ3v) is 6.30. The number of benzene rings is 2. The highest BCUT2D eigenvalue weighted by molar-refractivity contribution is 7.91. The average Bonchev–Trinajstić information content (AvgIpc) is 2.65. The Kier molecular flexibility index (Phi) is 8.07. The zero-order valence-corrected chi connectivity index (χ0v) is 18.3. The number of aliphatic hydroxyl groups excluding tert-OH is 2. The molecule has 7 heteroatoms. The van der Waals surface area contributed by atoms with Crippen LogP contribution in [-0.2, 0) is 9.84 Å². The van der Waals surface area contributed by atoms with Crippen LogP contribution >= 0.6 is 0 Å². The fraction of sp³-hybridized carbons (Fsp3) is 0.455. The van der Waals surface area contributed by atoms with Gasteiger partial charge in [-0.05, 0) is 74.2 Å². The van der Waals surface area contributed by atoms with Gasteiger partial charge in [0.2, 0.25) is 9.84 Å². The van der Waals surface area contributed by atoms with Gasteiger partial charge in [-0.1, -0.05) is 0 Å². The van der Waals surface area contributed by atoms with Crippen molar-refractivity contribution in [2.75, 3.05) is 26.4 Å². The second-order valence-electron chi connectivity index (χ2n) is 7.13. The number of aliphatic hydroxyl groups is 2.